The van der Waals surface area contributed by atoms with E-state index in [1.807, 2.05) is 23.1 Å². The lowest BCUT2D eigenvalue weighted by Crippen LogP contribution is -2.41. The summed E-state index contributed by atoms with van der Waals surface area (Å²) in [5, 5.41) is 1.06. The molecule has 0 bridgehead atoms. The van der Waals surface area contributed by atoms with E-state index in [9.17, 15) is 13.2 Å². The van der Waals surface area contributed by atoms with Gasteiger partial charge in [0.2, 0.25) is 5.91 Å². The lowest BCUT2D eigenvalue weighted by Gasteiger charge is -2.28. The van der Waals surface area contributed by atoms with E-state index in [2.05, 4.69) is 18.0 Å². The first-order valence-electron chi connectivity index (χ1n) is 9.33. The number of aryl methyl sites for hydroxylation is 1. The van der Waals surface area contributed by atoms with Gasteiger partial charge in [0.15, 0.2) is 9.84 Å². The quantitative estimate of drug-likeness (QED) is 0.688. The molecule has 0 aliphatic carbocycles. The van der Waals surface area contributed by atoms with Crippen LogP contribution in [-0.4, -0.2) is 48.3 Å². The third kappa shape index (κ3) is 4.82. The molecule has 7 heteroatoms. The van der Waals surface area contributed by atoms with E-state index < -0.39 is 9.84 Å². The molecule has 1 unspecified atom stereocenters. The van der Waals surface area contributed by atoms with Crippen molar-refractivity contribution in [2.24, 2.45) is 0 Å². The average molecular weight is 395 g/mol. The van der Waals surface area contributed by atoms with Crippen LogP contribution < -0.4 is 0 Å². The van der Waals surface area contributed by atoms with E-state index >= 15 is 0 Å². The van der Waals surface area contributed by atoms with Crippen LogP contribution >= 0.6 is 11.3 Å². The van der Waals surface area contributed by atoms with Crippen molar-refractivity contribution in [3.8, 4) is 0 Å². The molecule has 1 aliphatic rings. The van der Waals surface area contributed by atoms with Gasteiger partial charge >= 0.3 is 0 Å². The Morgan fingerprint density at radius 2 is 2.12 bits per heavy atom. The summed E-state index contributed by atoms with van der Waals surface area (Å²) in [5.41, 5.74) is 1.01. The molecule has 3 rings (SSSR count). The van der Waals surface area contributed by atoms with Crippen LogP contribution in [0.5, 0.6) is 0 Å². The van der Waals surface area contributed by atoms with Crippen molar-refractivity contribution < 1.29 is 13.2 Å². The third-order valence-electron chi connectivity index (χ3n) is 4.84. The lowest BCUT2D eigenvalue weighted by atomic mass is 10.1. The van der Waals surface area contributed by atoms with Crippen LogP contribution in [0.25, 0.3) is 10.2 Å². The monoisotopic (exact) mass is 394 g/mol. The van der Waals surface area contributed by atoms with E-state index in [1.165, 1.54) is 4.70 Å². The number of carbonyl (C=O) groups excluding carboxylic acids is 1. The molecule has 1 fully saturated rings. The molecule has 142 valence electrons. The highest BCUT2D eigenvalue weighted by atomic mass is 32.2. The van der Waals surface area contributed by atoms with Gasteiger partial charge in [0.05, 0.1) is 26.7 Å². The summed E-state index contributed by atoms with van der Waals surface area (Å²) in [5.74, 6) is 0.418. The Labute approximate surface area is 159 Å². The molecule has 1 aliphatic heterocycles. The van der Waals surface area contributed by atoms with Gasteiger partial charge in [-0.3, -0.25) is 4.79 Å². The fourth-order valence-corrected chi connectivity index (χ4v) is 6.16. The largest absolute Gasteiger partial charge is 0.339 e. The number of aromatic nitrogens is 1. The molecule has 5 nitrogen and oxygen atoms in total. The predicted molar refractivity (Wildman–Crippen MR) is 106 cm³/mol. The summed E-state index contributed by atoms with van der Waals surface area (Å²) in [6, 6.07) is 7.93. The topological polar surface area (TPSA) is 67.3 Å². The first-order valence-corrected chi connectivity index (χ1v) is 12.0. The number of carbonyl (C=O) groups is 1. The average Bonchev–Trinajstić information content (AvgIpc) is 3.17. The van der Waals surface area contributed by atoms with E-state index in [1.54, 1.807) is 11.3 Å². The third-order valence-corrected chi connectivity index (χ3v) is 7.69. The van der Waals surface area contributed by atoms with Gasteiger partial charge in [-0.25, -0.2) is 13.4 Å². The number of para-hydroxylation sites is 1. The Hall–Kier alpha value is -1.47. The summed E-state index contributed by atoms with van der Waals surface area (Å²) < 4.78 is 24.7. The zero-order valence-corrected chi connectivity index (χ0v) is 16.8. The maximum absolute atomic E-state index is 12.7. The zero-order chi connectivity index (χ0) is 18.6. The van der Waals surface area contributed by atoms with Crippen molar-refractivity contribution in [1.82, 2.24) is 9.88 Å². The second kappa shape index (κ2) is 8.48. The fourth-order valence-electron chi connectivity index (χ4n) is 3.42. The molecule has 2 aromatic rings. The Bertz CT molecular complexity index is 828. The molecule has 0 radical (unpaired) electrons. The molecule has 0 N–H and O–H groups in total. The molecule has 1 atom stereocenters. The number of fused-ring (bicyclic) bond motifs is 1. The molecule has 2 heterocycles. The Morgan fingerprint density at radius 1 is 1.31 bits per heavy atom. The molecule has 1 amide bonds. The van der Waals surface area contributed by atoms with Crippen molar-refractivity contribution in [1.29, 1.82) is 0 Å². The van der Waals surface area contributed by atoms with Crippen LogP contribution in [0, 0.1) is 0 Å². The number of hydrogen-bond acceptors (Lipinski definition) is 5. The lowest BCUT2D eigenvalue weighted by molar-refractivity contribution is -0.133. The maximum Gasteiger partial charge on any atom is 0.222 e. The second-order valence-electron chi connectivity index (χ2n) is 6.93. The number of nitrogens with zero attached hydrogens (tertiary/aromatic N) is 2. The van der Waals surface area contributed by atoms with Gasteiger partial charge in [-0.15, -0.1) is 11.3 Å². The van der Waals surface area contributed by atoms with Crippen molar-refractivity contribution in [2.45, 2.75) is 51.5 Å². The highest BCUT2D eigenvalue weighted by molar-refractivity contribution is 7.91. The number of thiazole rings is 1. The molecular weight excluding hydrogens is 368 g/mol. The normalized spacial score (nSPS) is 19.0. The summed E-state index contributed by atoms with van der Waals surface area (Å²) >= 11 is 1.68. The Morgan fingerprint density at radius 3 is 2.81 bits per heavy atom. The maximum atomic E-state index is 12.7. The van der Waals surface area contributed by atoms with Crippen molar-refractivity contribution in [3.05, 3.63) is 29.3 Å². The van der Waals surface area contributed by atoms with E-state index in [-0.39, 0.29) is 23.5 Å². The molecular formula is C19H26N2O3S2. The Kier molecular flexibility index (Phi) is 6.29. The van der Waals surface area contributed by atoms with Crippen molar-refractivity contribution >= 4 is 37.3 Å². The van der Waals surface area contributed by atoms with Crippen LogP contribution in [0.2, 0.25) is 0 Å². The van der Waals surface area contributed by atoms with Crippen LogP contribution in [0.15, 0.2) is 24.3 Å². The minimum absolute atomic E-state index is 0.0849. The minimum atomic E-state index is -2.98. The van der Waals surface area contributed by atoms with Gasteiger partial charge < -0.3 is 4.90 Å². The van der Waals surface area contributed by atoms with Gasteiger partial charge in [-0.1, -0.05) is 25.5 Å². The number of rotatable bonds is 8. The van der Waals surface area contributed by atoms with Crippen molar-refractivity contribution in [2.75, 3.05) is 18.1 Å². The van der Waals surface area contributed by atoms with Crippen LogP contribution in [0.3, 0.4) is 0 Å². The number of hydrogen-bond donors (Lipinski definition) is 0. The molecule has 0 saturated carbocycles. The highest BCUT2D eigenvalue weighted by Crippen LogP contribution is 2.24. The summed E-state index contributed by atoms with van der Waals surface area (Å²) in [6.07, 6.45) is 4.48. The predicted octanol–water partition coefficient (Wildman–Crippen LogP) is 3.43. The standard InChI is InChI=1S/C19H26N2O3S2/c1-2-3-12-21(15-11-13-26(23,24)14-15)19(22)10-6-9-18-20-16-7-4-5-8-17(16)25-18/h4-5,7-8,15H,2-3,6,9-14H2,1H3. The zero-order valence-electron chi connectivity index (χ0n) is 15.2. The Balaban J connectivity index is 1.56. The number of sulfone groups is 1. The van der Waals surface area contributed by atoms with E-state index in [0.29, 0.717) is 19.4 Å². The molecule has 26 heavy (non-hydrogen) atoms. The molecule has 0 spiro atoms. The van der Waals surface area contributed by atoms with Gasteiger partial charge in [-0.2, -0.15) is 0 Å². The summed E-state index contributed by atoms with van der Waals surface area (Å²) in [4.78, 5) is 19.2. The van der Waals surface area contributed by atoms with E-state index in [0.717, 1.165) is 36.2 Å². The summed E-state index contributed by atoms with van der Waals surface area (Å²) in [6.45, 7) is 2.75. The van der Waals surface area contributed by atoms with Crippen LogP contribution in [0.1, 0.15) is 44.0 Å². The van der Waals surface area contributed by atoms with Gasteiger partial charge in [-0.05, 0) is 37.8 Å². The molecule has 1 aromatic carbocycles. The fraction of sp³-hybridized carbons (Fsp3) is 0.579. The minimum Gasteiger partial charge on any atom is -0.339 e. The molecule has 1 aromatic heterocycles. The van der Waals surface area contributed by atoms with Crippen LogP contribution in [0.4, 0.5) is 0 Å². The first-order chi connectivity index (χ1) is 12.5. The molecule has 1 saturated heterocycles. The number of amides is 1. The second-order valence-corrected chi connectivity index (χ2v) is 10.3. The van der Waals surface area contributed by atoms with Crippen LogP contribution in [-0.2, 0) is 21.1 Å². The first kappa shape index (κ1) is 19.3. The van der Waals surface area contributed by atoms with Gasteiger partial charge in [0.25, 0.3) is 0 Å². The van der Waals surface area contributed by atoms with Gasteiger partial charge in [0.1, 0.15) is 0 Å². The SMILES string of the molecule is CCCCN(C(=O)CCCc1nc2ccccc2s1)C1CCS(=O)(=O)C1. The number of unbranched alkanes of at least 4 members (excludes halogenated alkanes) is 1. The highest BCUT2D eigenvalue weighted by Gasteiger charge is 2.34. The van der Waals surface area contributed by atoms with Gasteiger partial charge in [0, 0.05) is 19.0 Å². The smallest absolute Gasteiger partial charge is 0.222 e. The summed E-state index contributed by atoms with van der Waals surface area (Å²) in [7, 11) is -2.98. The van der Waals surface area contributed by atoms with Crippen molar-refractivity contribution in [3.63, 3.8) is 0 Å². The number of benzene rings is 1. The van der Waals surface area contributed by atoms with E-state index in [4.69, 9.17) is 0 Å².